The molecule has 0 unspecified atom stereocenters. The van der Waals surface area contributed by atoms with Crippen molar-refractivity contribution in [1.82, 2.24) is 0 Å². The molecule has 0 radical (unpaired) electrons. The average Bonchev–Trinajstić information content (AvgIpc) is 2.96. The summed E-state index contributed by atoms with van der Waals surface area (Å²) in [6.45, 7) is 6.63. The van der Waals surface area contributed by atoms with Crippen molar-refractivity contribution in [3.63, 3.8) is 0 Å². The summed E-state index contributed by atoms with van der Waals surface area (Å²) in [5, 5.41) is 0. The second-order valence-corrected chi connectivity index (χ2v) is 11.9. The molecule has 1 aromatic carbocycles. The van der Waals surface area contributed by atoms with E-state index in [-0.39, 0.29) is 18.0 Å². The second kappa shape index (κ2) is 22.3. The van der Waals surface area contributed by atoms with Crippen LogP contribution in [-0.2, 0) is 25.5 Å². The second-order valence-electron chi connectivity index (χ2n) is 11.9. The summed E-state index contributed by atoms with van der Waals surface area (Å²) >= 11 is 0. The molecule has 1 aromatic rings. The molecule has 232 valence electrons. The van der Waals surface area contributed by atoms with E-state index in [1.54, 1.807) is 6.92 Å². The molecule has 2 rings (SSSR count). The first kappa shape index (κ1) is 34.9. The number of carbonyl (C=O) groups excluding carboxylic acids is 2. The Labute approximate surface area is 250 Å². The van der Waals surface area contributed by atoms with Crippen LogP contribution >= 0.6 is 0 Å². The maximum absolute atomic E-state index is 12.6. The molecule has 0 amide bonds. The van der Waals surface area contributed by atoms with Gasteiger partial charge in [-0.2, -0.15) is 0 Å². The van der Waals surface area contributed by atoms with Crippen LogP contribution in [0.15, 0.2) is 35.9 Å². The smallest absolute Gasteiger partial charge is 0.330 e. The van der Waals surface area contributed by atoms with Gasteiger partial charge >= 0.3 is 11.9 Å². The van der Waals surface area contributed by atoms with Crippen molar-refractivity contribution in [2.24, 2.45) is 5.92 Å². The zero-order valence-corrected chi connectivity index (χ0v) is 26.4. The molecule has 5 nitrogen and oxygen atoms in total. The van der Waals surface area contributed by atoms with Gasteiger partial charge in [-0.15, -0.1) is 0 Å². The van der Waals surface area contributed by atoms with Crippen LogP contribution in [0.1, 0.15) is 142 Å². The van der Waals surface area contributed by atoms with Crippen molar-refractivity contribution < 1.29 is 23.8 Å². The fourth-order valence-corrected chi connectivity index (χ4v) is 5.73. The van der Waals surface area contributed by atoms with Crippen molar-refractivity contribution >= 4 is 11.9 Å². The largest absolute Gasteiger partial charge is 0.489 e. The minimum absolute atomic E-state index is 0.0139. The molecular formula is C36H58O5. The molecule has 1 saturated carbocycles. The minimum atomic E-state index is -0.337. The zero-order chi connectivity index (χ0) is 29.5. The van der Waals surface area contributed by atoms with Gasteiger partial charge in [-0.1, -0.05) is 103 Å². The summed E-state index contributed by atoms with van der Waals surface area (Å²) in [4.78, 5) is 24.2. The molecule has 0 spiro atoms. The van der Waals surface area contributed by atoms with E-state index in [2.05, 4.69) is 19.1 Å². The van der Waals surface area contributed by atoms with E-state index in [9.17, 15) is 9.59 Å². The summed E-state index contributed by atoms with van der Waals surface area (Å²) < 4.78 is 16.8. The molecule has 1 aliphatic carbocycles. The van der Waals surface area contributed by atoms with Crippen LogP contribution in [0.5, 0.6) is 5.75 Å². The van der Waals surface area contributed by atoms with Gasteiger partial charge in [0.1, 0.15) is 18.5 Å². The molecule has 5 heteroatoms. The molecule has 0 aliphatic heterocycles. The highest BCUT2D eigenvalue weighted by Gasteiger charge is 2.28. The SMILES string of the molecule is CCCCCCCCCCCCCCCC(=O)O[C@H]1CCCC[C@H]1Cc1ccc(OC/C(C)=C\C(=O)OCC)cc1. The Balaban J connectivity index is 1.60. The van der Waals surface area contributed by atoms with Gasteiger partial charge in [0.15, 0.2) is 0 Å². The van der Waals surface area contributed by atoms with Gasteiger partial charge in [0, 0.05) is 12.5 Å². The highest BCUT2D eigenvalue weighted by atomic mass is 16.5. The molecule has 0 saturated heterocycles. The maximum Gasteiger partial charge on any atom is 0.330 e. The van der Waals surface area contributed by atoms with Crippen LogP contribution in [0.4, 0.5) is 0 Å². The standard InChI is InChI=1S/C36H58O5/c1-4-6-7-8-9-10-11-12-13-14-15-16-17-22-35(37)41-34-21-19-18-20-32(34)28-31-23-25-33(26-24-31)40-29-30(3)27-36(38)39-5-2/h23-27,32,34H,4-22,28-29H2,1-3H3/b30-27-/t32-,34-/m0/s1. The molecule has 41 heavy (non-hydrogen) atoms. The number of benzene rings is 1. The molecular weight excluding hydrogens is 512 g/mol. The fraction of sp³-hybridized carbons (Fsp3) is 0.722. The Hall–Kier alpha value is -2.30. The van der Waals surface area contributed by atoms with Crippen LogP contribution in [0, 0.1) is 5.92 Å². The highest BCUT2D eigenvalue weighted by Crippen LogP contribution is 2.31. The number of carbonyl (C=O) groups is 2. The number of rotatable bonds is 22. The van der Waals surface area contributed by atoms with Gasteiger partial charge in [-0.25, -0.2) is 4.79 Å². The van der Waals surface area contributed by atoms with Gasteiger partial charge in [0.2, 0.25) is 0 Å². The van der Waals surface area contributed by atoms with Gasteiger partial charge in [-0.3, -0.25) is 4.79 Å². The van der Waals surface area contributed by atoms with Crippen LogP contribution in [0.3, 0.4) is 0 Å². The lowest BCUT2D eigenvalue weighted by molar-refractivity contribution is -0.153. The van der Waals surface area contributed by atoms with E-state index in [0.29, 0.717) is 25.6 Å². The van der Waals surface area contributed by atoms with Crippen molar-refractivity contribution in [2.75, 3.05) is 13.2 Å². The Morgan fingerprint density at radius 2 is 1.39 bits per heavy atom. The fourth-order valence-electron chi connectivity index (χ4n) is 5.73. The van der Waals surface area contributed by atoms with E-state index >= 15 is 0 Å². The van der Waals surface area contributed by atoms with Crippen LogP contribution in [-0.4, -0.2) is 31.3 Å². The predicted octanol–water partition coefficient (Wildman–Crippen LogP) is 9.70. The van der Waals surface area contributed by atoms with E-state index in [1.807, 2.05) is 19.1 Å². The molecule has 0 bridgehead atoms. The average molecular weight is 571 g/mol. The maximum atomic E-state index is 12.6. The van der Waals surface area contributed by atoms with Crippen molar-refractivity contribution in [1.29, 1.82) is 0 Å². The zero-order valence-electron chi connectivity index (χ0n) is 26.4. The Bertz CT molecular complexity index is 859. The lowest BCUT2D eigenvalue weighted by Gasteiger charge is -2.31. The Kier molecular flexibility index (Phi) is 19.0. The van der Waals surface area contributed by atoms with Crippen LogP contribution < -0.4 is 4.74 Å². The molecule has 0 N–H and O–H groups in total. The summed E-state index contributed by atoms with van der Waals surface area (Å²) in [6, 6.07) is 8.15. The summed E-state index contributed by atoms with van der Waals surface area (Å²) in [5.41, 5.74) is 2.05. The normalized spacial score (nSPS) is 17.3. The van der Waals surface area contributed by atoms with E-state index < -0.39 is 0 Å². The Morgan fingerprint density at radius 1 is 0.805 bits per heavy atom. The monoisotopic (exact) mass is 570 g/mol. The predicted molar refractivity (Wildman–Crippen MR) is 168 cm³/mol. The third-order valence-electron chi connectivity index (χ3n) is 8.15. The van der Waals surface area contributed by atoms with Crippen LogP contribution in [0.2, 0.25) is 0 Å². The number of hydrogen-bond acceptors (Lipinski definition) is 5. The number of hydrogen-bond donors (Lipinski definition) is 0. The molecule has 0 aromatic heterocycles. The van der Waals surface area contributed by atoms with Gasteiger partial charge in [0.05, 0.1) is 6.61 Å². The first-order chi connectivity index (χ1) is 20.0. The van der Waals surface area contributed by atoms with Crippen molar-refractivity contribution in [3.8, 4) is 5.75 Å². The molecule has 1 fully saturated rings. The van der Waals surface area contributed by atoms with Gasteiger partial charge in [0.25, 0.3) is 0 Å². The van der Waals surface area contributed by atoms with Crippen molar-refractivity contribution in [3.05, 3.63) is 41.5 Å². The third-order valence-corrected chi connectivity index (χ3v) is 8.15. The summed E-state index contributed by atoms with van der Waals surface area (Å²) in [5.74, 6) is 0.798. The van der Waals surface area contributed by atoms with E-state index in [4.69, 9.17) is 14.2 Å². The molecule has 0 heterocycles. The third kappa shape index (κ3) is 16.7. The minimum Gasteiger partial charge on any atom is -0.489 e. The lowest BCUT2D eigenvalue weighted by Crippen LogP contribution is -2.31. The molecule has 1 aliphatic rings. The lowest BCUT2D eigenvalue weighted by atomic mass is 9.82. The Morgan fingerprint density at radius 3 is 2.00 bits per heavy atom. The highest BCUT2D eigenvalue weighted by molar-refractivity contribution is 5.82. The van der Waals surface area contributed by atoms with E-state index in [0.717, 1.165) is 49.8 Å². The topological polar surface area (TPSA) is 61.8 Å². The quantitative estimate of drug-likeness (QED) is 0.0789. The summed E-state index contributed by atoms with van der Waals surface area (Å²) in [6.07, 6.45) is 24.4. The molecule has 2 atom stereocenters. The number of esters is 2. The first-order valence-electron chi connectivity index (χ1n) is 16.8. The van der Waals surface area contributed by atoms with Crippen LogP contribution in [0.25, 0.3) is 0 Å². The first-order valence-corrected chi connectivity index (χ1v) is 16.8. The van der Waals surface area contributed by atoms with Gasteiger partial charge in [-0.05, 0) is 75.1 Å². The number of unbranched alkanes of at least 4 members (excludes halogenated alkanes) is 12. The number of ether oxygens (including phenoxy) is 3. The summed E-state index contributed by atoms with van der Waals surface area (Å²) in [7, 11) is 0. The van der Waals surface area contributed by atoms with Crippen molar-refractivity contribution in [2.45, 2.75) is 149 Å². The van der Waals surface area contributed by atoms with E-state index in [1.165, 1.54) is 88.7 Å². The van der Waals surface area contributed by atoms with Gasteiger partial charge < -0.3 is 14.2 Å².